The van der Waals surface area contributed by atoms with Gasteiger partial charge in [-0.05, 0) is 12.5 Å². The van der Waals surface area contributed by atoms with Crippen LogP contribution >= 0.6 is 11.8 Å². The van der Waals surface area contributed by atoms with Gasteiger partial charge in [-0.15, -0.1) is 0 Å². The molecule has 5 nitrogen and oxygen atoms in total. The maximum Gasteiger partial charge on any atom is 0.230 e. The lowest BCUT2D eigenvalue weighted by molar-refractivity contribution is -0.120. The predicted molar refractivity (Wildman–Crippen MR) is 80.4 cm³/mol. The Hall–Kier alpha value is -1.82. The molecule has 0 saturated heterocycles. The van der Waals surface area contributed by atoms with Gasteiger partial charge in [-0.25, -0.2) is 0 Å². The number of carbonyl (C=O) groups is 2. The molecule has 0 saturated carbocycles. The molecule has 1 aliphatic rings. The highest BCUT2D eigenvalue weighted by atomic mass is 32.2. The third-order valence-electron chi connectivity index (χ3n) is 2.74. The van der Waals surface area contributed by atoms with Crippen molar-refractivity contribution in [3.05, 3.63) is 35.9 Å². The van der Waals surface area contributed by atoms with Gasteiger partial charge in [-0.2, -0.15) is 0 Å². The van der Waals surface area contributed by atoms with Crippen molar-refractivity contribution in [2.24, 2.45) is 4.99 Å². The van der Waals surface area contributed by atoms with Gasteiger partial charge in [0.1, 0.15) is 0 Å². The zero-order valence-corrected chi connectivity index (χ0v) is 12.1. The van der Waals surface area contributed by atoms with E-state index in [1.807, 2.05) is 37.3 Å². The zero-order valence-electron chi connectivity index (χ0n) is 11.3. The predicted octanol–water partition coefficient (Wildman–Crippen LogP) is 1.30. The molecule has 0 aliphatic carbocycles. The first-order valence-electron chi connectivity index (χ1n) is 6.44. The van der Waals surface area contributed by atoms with Crippen LogP contribution in [-0.4, -0.2) is 28.8 Å². The Bertz CT molecular complexity index is 516. The minimum Gasteiger partial charge on any atom is -0.351 e. The summed E-state index contributed by atoms with van der Waals surface area (Å²) in [6.07, 6.45) is 0.407. The molecule has 1 aromatic carbocycles. The third kappa shape index (κ3) is 4.70. The number of nitrogens with one attached hydrogen (secondary N) is 2. The van der Waals surface area contributed by atoms with E-state index in [4.69, 9.17) is 0 Å². The molecule has 1 atom stereocenters. The Morgan fingerprint density at radius 1 is 1.45 bits per heavy atom. The van der Waals surface area contributed by atoms with Crippen molar-refractivity contribution in [2.45, 2.75) is 25.9 Å². The van der Waals surface area contributed by atoms with Gasteiger partial charge >= 0.3 is 0 Å². The second kappa shape index (κ2) is 7.09. The Morgan fingerprint density at radius 3 is 2.90 bits per heavy atom. The van der Waals surface area contributed by atoms with Crippen molar-refractivity contribution in [2.75, 3.05) is 5.75 Å². The Balaban J connectivity index is 1.74. The average molecular weight is 291 g/mol. The highest BCUT2D eigenvalue weighted by Gasteiger charge is 2.18. The molecule has 20 heavy (non-hydrogen) atoms. The molecule has 1 aliphatic heterocycles. The number of amides is 2. The largest absolute Gasteiger partial charge is 0.351 e. The van der Waals surface area contributed by atoms with E-state index in [-0.39, 0.29) is 23.6 Å². The van der Waals surface area contributed by atoms with Crippen LogP contribution in [0.25, 0.3) is 0 Å². The summed E-state index contributed by atoms with van der Waals surface area (Å²) in [6, 6.07) is 9.71. The summed E-state index contributed by atoms with van der Waals surface area (Å²) in [7, 11) is 0. The van der Waals surface area contributed by atoms with E-state index in [1.165, 1.54) is 11.8 Å². The highest BCUT2D eigenvalue weighted by Crippen LogP contribution is 2.10. The molecule has 0 unspecified atom stereocenters. The van der Waals surface area contributed by atoms with E-state index in [0.717, 1.165) is 5.56 Å². The first kappa shape index (κ1) is 14.6. The Kier molecular flexibility index (Phi) is 5.17. The van der Waals surface area contributed by atoms with Crippen LogP contribution in [0.5, 0.6) is 0 Å². The van der Waals surface area contributed by atoms with Crippen molar-refractivity contribution in [3.63, 3.8) is 0 Å². The Labute approximate surface area is 122 Å². The lowest BCUT2D eigenvalue weighted by atomic mass is 10.2. The van der Waals surface area contributed by atoms with E-state index in [2.05, 4.69) is 15.6 Å². The number of nitrogens with zero attached hydrogens (tertiary/aromatic N) is 1. The fourth-order valence-corrected chi connectivity index (χ4v) is 2.58. The number of rotatable bonds is 4. The molecule has 1 heterocycles. The van der Waals surface area contributed by atoms with Crippen LogP contribution in [-0.2, 0) is 16.1 Å². The molecule has 106 valence electrons. The molecule has 1 aromatic rings. The lowest BCUT2D eigenvalue weighted by Gasteiger charge is -2.17. The smallest absolute Gasteiger partial charge is 0.230 e. The monoisotopic (exact) mass is 291 g/mol. The minimum atomic E-state index is -0.0750. The number of hydrogen-bond donors (Lipinski definition) is 2. The first-order valence-corrected chi connectivity index (χ1v) is 7.43. The van der Waals surface area contributed by atoms with Crippen molar-refractivity contribution < 1.29 is 9.59 Å². The van der Waals surface area contributed by atoms with Crippen LogP contribution in [0.4, 0.5) is 0 Å². The van der Waals surface area contributed by atoms with Crippen molar-refractivity contribution in [1.82, 2.24) is 10.6 Å². The van der Waals surface area contributed by atoms with E-state index >= 15 is 0 Å². The van der Waals surface area contributed by atoms with Gasteiger partial charge in [0.25, 0.3) is 0 Å². The van der Waals surface area contributed by atoms with Crippen LogP contribution in [0.15, 0.2) is 35.3 Å². The topological polar surface area (TPSA) is 70.6 Å². The summed E-state index contributed by atoms with van der Waals surface area (Å²) in [6.45, 7) is 2.39. The average Bonchev–Trinajstić information content (AvgIpc) is 2.43. The quantitative estimate of drug-likeness (QED) is 0.878. The Morgan fingerprint density at radius 2 is 2.20 bits per heavy atom. The molecule has 0 spiro atoms. The summed E-state index contributed by atoms with van der Waals surface area (Å²) < 4.78 is 0. The summed E-state index contributed by atoms with van der Waals surface area (Å²) in [5.74, 6) is 0.132. The van der Waals surface area contributed by atoms with Gasteiger partial charge in [0.2, 0.25) is 11.8 Å². The summed E-state index contributed by atoms with van der Waals surface area (Å²) in [5.41, 5.74) is 1.06. The lowest BCUT2D eigenvalue weighted by Crippen LogP contribution is -2.37. The van der Waals surface area contributed by atoms with Crippen molar-refractivity contribution >= 4 is 28.7 Å². The molecular formula is C14H17N3O2S. The molecule has 0 aromatic heterocycles. The fraction of sp³-hybridized carbons (Fsp3) is 0.357. The number of thioether (sulfide) groups is 1. The molecular weight excluding hydrogens is 274 g/mol. The summed E-state index contributed by atoms with van der Waals surface area (Å²) in [5, 5.41) is 6.03. The highest BCUT2D eigenvalue weighted by molar-refractivity contribution is 8.14. The van der Waals surface area contributed by atoms with Gasteiger partial charge in [0.05, 0.1) is 11.8 Å². The molecule has 6 heteroatoms. The zero-order chi connectivity index (χ0) is 14.4. The minimum absolute atomic E-state index is 0.0152. The third-order valence-corrected chi connectivity index (χ3v) is 3.62. The number of amidine groups is 1. The maximum atomic E-state index is 11.7. The van der Waals surface area contributed by atoms with Crippen molar-refractivity contribution in [1.29, 1.82) is 0 Å². The second-order valence-electron chi connectivity index (χ2n) is 4.59. The van der Waals surface area contributed by atoms with E-state index in [1.54, 1.807) is 0 Å². The maximum absolute atomic E-state index is 11.7. The van der Waals surface area contributed by atoms with Crippen LogP contribution in [0.2, 0.25) is 0 Å². The molecule has 2 amide bonds. The summed E-state index contributed by atoms with van der Waals surface area (Å²) >= 11 is 1.25. The van der Waals surface area contributed by atoms with Gasteiger partial charge in [0.15, 0.2) is 5.17 Å². The van der Waals surface area contributed by atoms with Crippen LogP contribution in [0.3, 0.4) is 0 Å². The SMILES string of the molecule is C[C@@H]1CC(=O)NC(SCC(=O)NCc2ccccc2)=N1. The van der Waals surface area contributed by atoms with E-state index in [0.29, 0.717) is 18.1 Å². The van der Waals surface area contributed by atoms with E-state index < -0.39 is 0 Å². The van der Waals surface area contributed by atoms with E-state index in [9.17, 15) is 9.59 Å². The normalized spacial score (nSPS) is 18.1. The molecule has 0 fully saturated rings. The number of carbonyl (C=O) groups excluding carboxylic acids is 2. The first-order chi connectivity index (χ1) is 9.63. The fourth-order valence-electron chi connectivity index (χ4n) is 1.77. The molecule has 0 radical (unpaired) electrons. The standard InChI is InChI=1S/C14H17N3O2S/c1-10-7-12(18)17-14(16-10)20-9-13(19)15-8-11-5-3-2-4-6-11/h2-6,10H,7-9H2,1H3,(H,15,19)(H,16,17,18)/t10-/m1/s1. The van der Waals surface area contributed by atoms with Crippen molar-refractivity contribution in [3.8, 4) is 0 Å². The molecule has 2 rings (SSSR count). The van der Waals surface area contributed by atoms with Crippen LogP contribution in [0.1, 0.15) is 18.9 Å². The van der Waals surface area contributed by atoms with Gasteiger partial charge in [0, 0.05) is 13.0 Å². The second-order valence-corrected chi connectivity index (χ2v) is 5.55. The van der Waals surface area contributed by atoms with Crippen LogP contribution in [0, 0.1) is 0 Å². The molecule has 0 bridgehead atoms. The number of aliphatic imine (C=N–C) groups is 1. The van der Waals surface area contributed by atoms with Gasteiger partial charge < -0.3 is 10.6 Å². The van der Waals surface area contributed by atoms with Crippen LogP contribution < -0.4 is 10.6 Å². The van der Waals surface area contributed by atoms with Gasteiger partial charge in [-0.3, -0.25) is 14.6 Å². The number of benzene rings is 1. The number of hydrogen-bond acceptors (Lipinski definition) is 4. The summed E-state index contributed by atoms with van der Waals surface area (Å²) in [4.78, 5) is 27.3. The van der Waals surface area contributed by atoms with Gasteiger partial charge in [-0.1, -0.05) is 42.1 Å². The molecule has 2 N–H and O–H groups in total.